The molecule has 5 nitrogen and oxygen atoms in total. The first kappa shape index (κ1) is 14.7. The van der Waals surface area contributed by atoms with E-state index >= 15 is 0 Å². The van der Waals surface area contributed by atoms with E-state index < -0.39 is 15.8 Å². The molecule has 1 aliphatic rings. The average molecular weight is 258 g/mol. The van der Waals surface area contributed by atoms with Crippen molar-refractivity contribution < 1.29 is 18.3 Å². The van der Waals surface area contributed by atoms with E-state index in [4.69, 9.17) is 10.8 Å². The van der Waals surface area contributed by atoms with Gasteiger partial charge in [-0.3, -0.25) is 4.79 Å². The maximum atomic E-state index is 11.2. The minimum Gasteiger partial charge on any atom is -0.481 e. The van der Waals surface area contributed by atoms with E-state index in [0.29, 0.717) is 12.8 Å². The van der Waals surface area contributed by atoms with Gasteiger partial charge in [0, 0.05) is 12.5 Å². The van der Waals surface area contributed by atoms with Crippen molar-refractivity contribution in [2.45, 2.75) is 25.3 Å². The van der Waals surface area contributed by atoms with Crippen molar-refractivity contribution in [1.82, 2.24) is 0 Å². The van der Waals surface area contributed by atoms with Crippen LogP contribution < -0.4 is 5.73 Å². The van der Waals surface area contributed by atoms with Gasteiger partial charge in [-0.25, -0.2) is 8.42 Å². The molecule has 1 aliphatic heterocycles. The molecule has 0 aromatic heterocycles. The fraction of sp³-hybridized carbons (Fsp3) is 0.875. The largest absolute Gasteiger partial charge is 0.481 e. The van der Waals surface area contributed by atoms with Crippen LogP contribution in [0.4, 0.5) is 0 Å². The first-order valence-corrected chi connectivity index (χ1v) is 6.40. The highest BCUT2D eigenvalue weighted by atomic mass is 35.5. The molecule has 1 rings (SSSR count). The van der Waals surface area contributed by atoms with Gasteiger partial charge in [0.2, 0.25) is 0 Å². The van der Waals surface area contributed by atoms with Gasteiger partial charge in [-0.2, -0.15) is 0 Å². The smallest absolute Gasteiger partial charge is 0.303 e. The number of hydrogen-bond acceptors (Lipinski definition) is 4. The van der Waals surface area contributed by atoms with Crippen molar-refractivity contribution in [2.24, 2.45) is 11.7 Å². The van der Waals surface area contributed by atoms with Crippen LogP contribution in [-0.2, 0) is 14.6 Å². The van der Waals surface area contributed by atoms with Crippen LogP contribution in [0.5, 0.6) is 0 Å². The molecule has 2 unspecified atom stereocenters. The quantitative estimate of drug-likeness (QED) is 0.744. The lowest BCUT2D eigenvalue weighted by Crippen LogP contribution is -2.42. The summed E-state index contributed by atoms with van der Waals surface area (Å²) in [5.41, 5.74) is 5.73. The second-order valence-corrected chi connectivity index (χ2v) is 5.99. The number of aliphatic carboxylic acids is 1. The molecule has 3 N–H and O–H groups in total. The summed E-state index contributed by atoms with van der Waals surface area (Å²) < 4.78 is 22.5. The number of carbonyl (C=O) groups is 1. The van der Waals surface area contributed by atoms with E-state index in [-0.39, 0.29) is 42.3 Å². The molecule has 0 aromatic carbocycles. The molecule has 0 bridgehead atoms. The molecule has 2 atom stereocenters. The van der Waals surface area contributed by atoms with Crippen molar-refractivity contribution in [3.63, 3.8) is 0 Å². The number of carboxylic acid groups (broad SMARTS) is 1. The van der Waals surface area contributed by atoms with Gasteiger partial charge in [0.05, 0.1) is 11.5 Å². The predicted octanol–water partition coefficient (Wildman–Crippen LogP) is 0.0350. The summed E-state index contributed by atoms with van der Waals surface area (Å²) in [6.07, 6.45) is 0.802. The number of nitrogens with two attached hydrogens (primary N) is 1. The highest BCUT2D eigenvalue weighted by Gasteiger charge is 2.30. The minimum atomic E-state index is -2.99. The number of carboxylic acids is 1. The maximum Gasteiger partial charge on any atom is 0.303 e. The molecular formula is C8H16ClNO4S. The minimum absolute atomic E-state index is 0. The highest BCUT2D eigenvalue weighted by molar-refractivity contribution is 7.91. The first-order valence-electron chi connectivity index (χ1n) is 4.58. The topological polar surface area (TPSA) is 97.5 Å². The molecule has 1 saturated heterocycles. The summed E-state index contributed by atoms with van der Waals surface area (Å²) in [5, 5.41) is 8.47. The van der Waals surface area contributed by atoms with E-state index in [0.717, 1.165) is 0 Å². The first-order chi connectivity index (χ1) is 6.41. The molecule has 0 amide bonds. The number of rotatable bonds is 3. The van der Waals surface area contributed by atoms with Gasteiger partial charge in [-0.05, 0) is 18.8 Å². The predicted molar refractivity (Wildman–Crippen MR) is 58.9 cm³/mol. The van der Waals surface area contributed by atoms with Crippen molar-refractivity contribution in [3.05, 3.63) is 0 Å². The SMILES string of the molecule is Cl.NC1CCS(=O)(=O)CC1CCC(=O)O. The zero-order valence-electron chi connectivity index (χ0n) is 8.26. The van der Waals surface area contributed by atoms with Crippen molar-refractivity contribution in [3.8, 4) is 0 Å². The van der Waals surface area contributed by atoms with Crippen molar-refractivity contribution in [2.75, 3.05) is 11.5 Å². The zero-order valence-corrected chi connectivity index (χ0v) is 9.89. The van der Waals surface area contributed by atoms with Crippen LogP contribution in [-0.4, -0.2) is 37.0 Å². The summed E-state index contributed by atoms with van der Waals surface area (Å²) in [6, 6.07) is -0.169. The molecule has 15 heavy (non-hydrogen) atoms. The third kappa shape index (κ3) is 4.81. The number of sulfone groups is 1. The Kier molecular flexibility index (Phi) is 5.55. The summed E-state index contributed by atoms with van der Waals surface area (Å²) in [4.78, 5) is 10.3. The third-order valence-corrected chi connectivity index (χ3v) is 4.36. The Morgan fingerprint density at radius 2 is 2.07 bits per heavy atom. The van der Waals surface area contributed by atoms with E-state index in [2.05, 4.69) is 0 Å². The Bertz CT molecular complexity index is 317. The van der Waals surface area contributed by atoms with Crippen LogP contribution in [0.3, 0.4) is 0 Å². The number of halogens is 1. The van der Waals surface area contributed by atoms with E-state index in [1.807, 2.05) is 0 Å². The molecule has 0 spiro atoms. The second-order valence-electron chi connectivity index (χ2n) is 3.76. The number of hydrogen-bond donors (Lipinski definition) is 2. The Balaban J connectivity index is 0.00000196. The fourth-order valence-electron chi connectivity index (χ4n) is 1.69. The lowest BCUT2D eigenvalue weighted by atomic mass is 9.95. The van der Waals surface area contributed by atoms with Gasteiger partial charge in [0.1, 0.15) is 0 Å². The summed E-state index contributed by atoms with van der Waals surface area (Å²) in [5.74, 6) is -0.913. The van der Waals surface area contributed by atoms with Crippen LogP contribution in [0.1, 0.15) is 19.3 Å². The van der Waals surface area contributed by atoms with Crippen LogP contribution in [0.2, 0.25) is 0 Å². The maximum absolute atomic E-state index is 11.2. The molecule has 0 saturated carbocycles. The summed E-state index contributed by atoms with van der Waals surface area (Å²) in [7, 11) is -2.99. The molecule has 1 fully saturated rings. The molecule has 0 aromatic rings. The molecule has 1 heterocycles. The second kappa shape index (κ2) is 5.67. The Hall–Kier alpha value is -0.330. The lowest BCUT2D eigenvalue weighted by Gasteiger charge is -2.27. The van der Waals surface area contributed by atoms with Gasteiger partial charge < -0.3 is 10.8 Å². The monoisotopic (exact) mass is 257 g/mol. The Morgan fingerprint density at radius 3 is 2.60 bits per heavy atom. The van der Waals surface area contributed by atoms with E-state index in [9.17, 15) is 13.2 Å². The average Bonchev–Trinajstić information content (AvgIpc) is 2.06. The molecule has 7 heteroatoms. The van der Waals surface area contributed by atoms with Gasteiger partial charge in [-0.1, -0.05) is 0 Å². The van der Waals surface area contributed by atoms with E-state index in [1.54, 1.807) is 0 Å². The third-order valence-electron chi connectivity index (χ3n) is 2.56. The Morgan fingerprint density at radius 1 is 1.47 bits per heavy atom. The molecular weight excluding hydrogens is 242 g/mol. The van der Waals surface area contributed by atoms with Gasteiger partial charge >= 0.3 is 5.97 Å². The lowest BCUT2D eigenvalue weighted by molar-refractivity contribution is -0.137. The summed E-state index contributed by atoms with van der Waals surface area (Å²) in [6.45, 7) is 0. The molecule has 90 valence electrons. The normalized spacial score (nSPS) is 29.1. The standard InChI is InChI=1S/C8H15NO4S.ClH/c9-7-3-4-14(12,13)5-6(7)1-2-8(10)11;/h6-7H,1-5,9H2,(H,10,11);1H. The van der Waals surface area contributed by atoms with Crippen LogP contribution >= 0.6 is 12.4 Å². The van der Waals surface area contributed by atoms with Crippen molar-refractivity contribution in [1.29, 1.82) is 0 Å². The van der Waals surface area contributed by atoms with Crippen LogP contribution in [0.25, 0.3) is 0 Å². The fourth-order valence-corrected chi connectivity index (χ4v) is 3.55. The summed E-state index contributed by atoms with van der Waals surface area (Å²) >= 11 is 0. The van der Waals surface area contributed by atoms with Crippen molar-refractivity contribution >= 4 is 28.2 Å². The molecule has 0 radical (unpaired) electrons. The van der Waals surface area contributed by atoms with E-state index in [1.165, 1.54) is 0 Å². The zero-order chi connectivity index (χ0) is 10.8. The highest BCUT2D eigenvalue weighted by Crippen LogP contribution is 2.21. The van der Waals surface area contributed by atoms with Gasteiger partial charge in [0.25, 0.3) is 0 Å². The van der Waals surface area contributed by atoms with Crippen LogP contribution in [0.15, 0.2) is 0 Å². The van der Waals surface area contributed by atoms with Gasteiger partial charge in [-0.15, -0.1) is 12.4 Å². The van der Waals surface area contributed by atoms with Gasteiger partial charge in [0.15, 0.2) is 9.84 Å². The molecule has 0 aliphatic carbocycles. The Labute approximate surface area is 95.4 Å². The van der Waals surface area contributed by atoms with Crippen LogP contribution in [0, 0.1) is 5.92 Å².